The predicted octanol–water partition coefficient (Wildman–Crippen LogP) is 3.46. The van der Waals surface area contributed by atoms with Crippen molar-refractivity contribution in [2.24, 2.45) is 5.14 Å². The first-order valence-electron chi connectivity index (χ1n) is 10.7. The summed E-state index contributed by atoms with van der Waals surface area (Å²) in [5, 5.41) is 8.32. The van der Waals surface area contributed by atoms with E-state index < -0.39 is 10.0 Å². The van der Waals surface area contributed by atoms with Gasteiger partial charge in [0.1, 0.15) is 11.6 Å². The molecule has 0 fully saturated rings. The number of pyridine rings is 2. The van der Waals surface area contributed by atoms with Gasteiger partial charge in [0.25, 0.3) is 5.91 Å². The molecule has 0 aliphatic carbocycles. The first-order chi connectivity index (χ1) is 16.9. The van der Waals surface area contributed by atoms with E-state index >= 15 is 0 Å². The van der Waals surface area contributed by atoms with Crippen molar-refractivity contribution < 1.29 is 17.9 Å². The van der Waals surface area contributed by atoms with Crippen molar-refractivity contribution in [2.75, 3.05) is 16.8 Å². The van der Waals surface area contributed by atoms with Crippen LogP contribution in [0.4, 0.5) is 17.2 Å². The first kappa shape index (κ1) is 22.5. The maximum Gasteiger partial charge on any atom is 0.265 e. The van der Waals surface area contributed by atoms with Crippen LogP contribution in [0.15, 0.2) is 90.2 Å². The van der Waals surface area contributed by atoms with Crippen molar-refractivity contribution in [3.63, 3.8) is 0 Å². The Bertz CT molecular complexity index is 1490. The van der Waals surface area contributed by atoms with Crippen LogP contribution in [0.25, 0.3) is 11.1 Å². The van der Waals surface area contributed by atoms with Gasteiger partial charge in [0, 0.05) is 24.3 Å². The number of ether oxygens (including phenoxy) is 1. The van der Waals surface area contributed by atoms with Crippen molar-refractivity contribution >= 4 is 33.1 Å². The van der Waals surface area contributed by atoms with Crippen LogP contribution in [0.5, 0.6) is 5.75 Å². The van der Waals surface area contributed by atoms with Crippen molar-refractivity contribution in [1.29, 1.82) is 0 Å². The number of hydrogen-bond acceptors (Lipinski definition) is 7. The molecule has 3 heterocycles. The number of carbonyl (C=O) groups excluding carboxylic acids is 1. The summed E-state index contributed by atoms with van der Waals surface area (Å²) in [5.41, 5.74) is 4.03. The van der Waals surface area contributed by atoms with Crippen LogP contribution in [0.1, 0.15) is 5.56 Å². The number of aromatic nitrogens is 2. The van der Waals surface area contributed by atoms with E-state index in [0.717, 1.165) is 16.7 Å². The molecule has 3 N–H and O–H groups in total. The molecule has 0 bridgehead atoms. The number of nitrogens with one attached hydrogen (secondary N) is 1. The summed E-state index contributed by atoms with van der Waals surface area (Å²) in [7, 11) is -3.76. The van der Waals surface area contributed by atoms with Crippen molar-refractivity contribution in [3.05, 3.63) is 90.9 Å². The molecule has 4 aromatic rings. The zero-order valence-electron chi connectivity index (χ0n) is 18.5. The fraction of sp³-hybridized carbons (Fsp3) is 0.0800. The Kier molecular flexibility index (Phi) is 5.89. The van der Waals surface area contributed by atoms with Crippen molar-refractivity contribution in [2.45, 2.75) is 11.4 Å². The molecule has 2 aromatic heterocycles. The van der Waals surface area contributed by atoms with E-state index in [0.29, 0.717) is 29.5 Å². The third-order valence-electron chi connectivity index (χ3n) is 5.51. The Morgan fingerprint density at radius 2 is 1.80 bits per heavy atom. The number of rotatable bonds is 6. The van der Waals surface area contributed by atoms with Crippen LogP contribution >= 0.6 is 0 Å². The highest BCUT2D eigenvalue weighted by Crippen LogP contribution is 2.37. The fourth-order valence-corrected chi connectivity index (χ4v) is 4.30. The zero-order valence-corrected chi connectivity index (χ0v) is 19.3. The molecule has 5 rings (SSSR count). The Morgan fingerprint density at radius 1 is 1.00 bits per heavy atom. The highest BCUT2D eigenvalue weighted by molar-refractivity contribution is 7.89. The lowest BCUT2D eigenvalue weighted by atomic mass is 10.0. The second-order valence-corrected chi connectivity index (χ2v) is 9.50. The van der Waals surface area contributed by atoms with Crippen LogP contribution in [0.2, 0.25) is 0 Å². The minimum absolute atomic E-state index is 0.0137. The van der Waals surface area contributed by atoms with Gasteiger partial charge in [-0.1, -0.05) is 12.1 Å². The Balaban J connectivity index is 1.42. The molecular weight excluding hydrogens is 466 g/mol. The number of primary sulfonamides is 1. The number of sulfonamides is 1. The number of anilines is 3. The third-order valence-corrected chi connectivity index (χ3v) is 6.44. The molecule has 0 spiro atoms. The predicted molar refractivity (Wildman–Crippen MR) is 132 cm³/mol. The van der Waals surface area contributed by atoms with E-state index in [2.05, 4.69) is 15.3 Å². The van der Waals surface area contributed by atoms with Gasteiger partial charge >= 0.3 is 0 Å². The molecule has 0 saturated carbocycles. The van der Waals surface area contributed by atoms with Gasteiger partial charge in [-0.2, -0.15) is 0 Å². The number of nitrogens with two attached hydrogens (primary N) is 1. The molecule has 35 heavy (non-hydrogen) atoms. The second-order valence-electron chi connectivity index (χ2n) is 7.94. The smallest absolute Gasteiger partial charge is 0.265 e. The van der Waals surface area contributed by atoms with Gasteiger partial charge in [-0.15, -0.1) is 0 Å². The molecule has 1 amide bonds. The molecule has 1 aliphatic rings. The number of benzene rings is 2. The van der Waals surface area contributed by atoms with Gasteiger partial charge in [0.15, 0.2) is 6.61 Å². The average molecular weight is 488 g/mol. The minimum atomic E-state index is -3.76. The van der Waals surface area contributed by atoms with E-state index in [9.17, 15) is 13.2 Å². The lowest BCUT2D eigenvalue weighted by Gasteiger charge is -2.30. The maximum absolute atomic E-state index is 12.7. The molecule has 9 nitrogen and oxygen atoms in total. The SMILES string of the molecule is NS(=O)(=O)c1ccc(Nc2cc(-c3ccc4c(c3)N(Cc3cccnc3)C(=O)CO4)ccn2)cc1. The van der Waals surface area contributed by atoms with Crippen LogP contribution < -0.4 is 20.1 Å². The first-order valence-corrected chi connectivity index (χ1v) is 12.2. The monoisotopic (exact) mass is 487 g/mol. The number of nitrogens with zero attached hydrogens (tertiary/aromatic N) is 3. The van der Waals surface area contributed by atoms with Gasteiger partial charge in [-0.3, -0.25) is 9.78 Å². The molecule has 0 radical (unpaired) electrons. The lowest BCUT2D eigenvalue weighted by molar-refractivity contribution is -0.121. The van der Waals surface area contributed by atoms with E-state index in [4.69, 9.17) is 9.88 Å². The summed E-state index contributed by atoms with van der Waals surface area (Å²) in [6, 6.07) is 19.3. The Hall–Kier alpha value is -4.28. The third kappa shape index (κ3) is 4.98. The molecule has 0 unspecified atom stereocenters. The van der Waals surface area contributed by atoms with E-state index in [-0.39, 0.29) is 17.4 Å². The molecular formula is C25H21N5O4S. The second kappa shape index (κ2) is 9.16. The highest BCUT2D eigenvalue weighted by Gasteiger charge is 2.26. The molecule has 176 valence electrons. The molecule has 2 aromatic carbocycles. The minimum Gasteiger partial charge on any atom is -0.482 e. The topological polar surface area (TPSA) is 128 Å². The maximum atomic E-state index is 12.7. The van der Waals surface area contributed by atoms with Crippen LogP contribution in [-0.2, 0) is 21.4 Å². The average Bonchev–Trinajstić information content (AvgIpc) is 2.86. The number of amides is 1. The standard InChI is InChI=1S/C25H21N5O4S/c26-35(32,33)21-6-4-20(5-7-21)29-24-13-19(9-11-28-24)18-3-8-23-22(12-18)30(25(31)16-34-23)15-17-2-1-10-27-14-17/h1-14H,15-16H2,(H,28,29)(H2,26,32,33). The number of fused-ring (bicyclic) bond motifs is 1. The largest absolute Gasteiger partial charge is 0.482 e. The van der Waals surface area contributed by atoms with Crippen LogP contribution in [0.3, 0.4) is 0 Å². The summed E-state index contributed by atoms with van der Waals surface area (Å²) in [6.45, 7) is 0.379. The van der Waals surface area contributed by atoms with Gasteiger partial charge in [-0.05, 0) is 71.3 Å². The van der Waals surface area contributed by atoms with E-state index in [1.165, 1.54) is 12.1 Å². The molecule has 0 saturated heterocycles. The summed E-state index contributed by atoms with van der Waals surface area (Å²) >= 11 is 0. The lowest BCUT2D eigenvalue weighted by Crippen LogP contribution is -2.38. The highest BCUT2D eigenvalue weighted by atomic mass is 32.2. The Morgan fingerprint density at radius 3 is 2.54 bits per heavy atom. The molecule has 10 heteroatoms. The van der Waals surface area contributed by atoms with E-state index in [1.54, 1.807) is 35.6 Å². The van der Waals surface area contributed by atoms with Crippen molar-refractivity contribution in [1.82, 2.24) is 9.97 Å². The summed E-state index contributed by atoms with van der Waals surface area (Å²) in [4.78, 5) is 22.9. The van der Waals surface area contributed by atoms with Gasteiger partial charge < -0.3 is 15.0 Å². The summed E-state index contributed by atoms with van der Waals surface area (Å²) in [6.07, 6.45) is 5.10. The zero-order chi connectivity index (χ0) is 24.4. The van der Waals surface area contributed by atoms with Crippen LogP contribution in [-0.4, -0.2) is 30.9 Å². The van der Waals surface area contributed by atoms with Gasteiger partial charge in [0.2, 0.25) is 10.0 Å². The summed E-state index contributed by atoms with van der Waals surface area (Å²) < 4.78 is 28.6. The number of hydrogen-bond donors (Lipinski definition) is 2. The van der Waals surface area contributed by atoms with Crippen LogP contribution in [0, 0.1) is 0 Å². The fourth-order valence-electron chi connectivity index (χ4n) is 3.78. The van der Waals surface area contributed by atoms with Crippen molar-refractivity contribution in [3.8, 4) is 16.9 Å². The number of carbonyl (C=O) groups is 1. The Labute approximate surface area is 202 Å². The van der Waals surface area contributed by atoms with E-state index in [1.807, 2.05) is 42.5 Å². The quantitative estimate of drug-likeness (QED) is 0.426. The van der Waals surface area contributed by atoms with Gasteiger partial charge in [-0.25, -0.2) is 18.5 Å². The molecule has 0 atom stereocenters. The normalized spacial score (nSPS) is 13.2. The molecule has 1 aliphatic heterocycles. The van der Waals surface area contributed by atoms with Gasteiger partial charge in [0.05, 0.1) is 17.1 Å². The summed E-state index contributed by atoms with van der Waals surface area (Å²) in [5.74, 6) is 1.08.